The molecular weight excluding hydrogens is 206 g/mol. The van der Waals surface area contributed by atoms with Crippen molar-refractivity contribution in [3.05, 3.63) is 0 Å². The third-order valence-electron chi connectivity index (χ3n) is 3.81. The van der Waals surface area contributed by atoms with Crippen LogP contribution in [0, 0.1) is 5.41 Å². The molecule has 2 fully saturated rings. The fourth-order valence-corrected chi connectivity index (χ4v) is 4.05. The predicted octanol–water partition coefficient (Wildman–Crippen LogP) is 2.29. The molecule has 0 spiro atoms. The normalized spacial score (nSPS) is 29.8. The van der Waals surface area contributed by atoms with Crippen LogP contribution in [0.5, 0.6) is 0 Å². The van der Waals surface area contributed by atoms with Crippen molar-refractivity contribution in [1.29, 1.82) is 0 Å². The van der Waals surface area contributed by atoms with Crippen molar-refractivity contribution in [3.8, 4) is 0 Å². The van der Waals surface area contributed by atoms with E-state index in [1.165, 1.54) is 50.2 Å². The van der Waals surface area contributed by atoms with Crippen molar-refractivity contribution in [1.82, 2.24) is 5.32 Å². The van der Waals surface area contributed by atoms with E-state index in [0.29, 0.717) is 5.41 Å². The fraction of sp³-hybridized carbons (Fsp3) is 1.00. The second kappa shape index (κ2) is 5.55. The molecule has 0 bridgehead atoms. The lowest BCUT2D eigenvalue weighted by Crippen LogP contribution is -2.40. The van der Waals surface area contributed by atoms with Gasteiger partial charge in [0.1, 0.15) is 0 Å². The van der Waals surface area contributed by atoms with Crippen LogP contribution in [0.2, 0.25) is 0 Å². The van der Waals surface area contributed by atoms with Gasteiger partial charge in [0.2, 0.25) is 0 Å². The molecule has 1 atom stereocenters. The summed E-state index contributed by atoms with van der Waals surface area (Å²) in [5.74, 6) is 2.65. The van der Waals surface area contributed by atoms with Gasteiger partial charge in [0.15, 0.2) is 0 Å². The van der Waals surface area contributed by atoms with Gasteiger partial charge in [-0.05, 0) is 25.0 Å². The molecular formula is C12H23NOS. The molecule has 0 aromatic carbocycles. The molecule has 1 unspecified atom stereocenters. The van der Waals surface area contributed by atoms with Gasteiger partial charge in [-0.15, -0.1) is 0 Å². The van der Waals surface area contributed by atoms with Crippen molar-refractivity contribution in [3.63, 3.8) is 0 Å². The number of nitrogens with one attached hydrogen (secondary N) is 1. The quantitative estimate of drug-likeness (QED) is 0.781. The van der Waals surface area contributed by atoms with Crippen LogP contribution >= 0.6 is 11.8 Å². The van der Waals surface area contributed by atoms with Gasteiger partial charge in [-0.25, -0.2) is 0 Å². The van der Waals surface area contributed by atoms with E-state index in [1.807, 2.05) is 7.11 Å². The van der Waals surface area contributed by atoms with Gasteiger partial charge in [0, 0.05) is 30.9 Å². The Morgan fingerprint density at radius 3 is 2.80 bits per heavy atom. The molecule has 1 heterocycles. The molecule has 88 valence electrons. The average Bonchev–Trinajstić information content (AvgIpc) is 2.85. The van der Waals surface area contributed by atoms with Crippen LogP contribution in [0.15, 0.2) is 0 Å². The van der Waals surface area contributed by atoms with E-state index in [9.17, 15) is 0 Å². The molecule has 0 radical (unpaired) electrons. The van der Waals surface area contributed by atoms with Crippen LogP contribution in [0.25, 0.3) is 0 Å². The smallest absolute Gasteiger partial charge is 0.0530 e. The molecule has 15 heavy (non-hydrogen) atoms. The Morgan fingerprint density at radius 2 is 2.20 bits per heavy atom. The van der Waals surface area contributed by atoms with Crippen LogP contribution in [0.4, 0.5) is 0 Å². The SMILES string of the molecule is COCC1(CNC2CCSC2)CCCC1. The maximum atomic E-state index is 5.40. The molecule has 1 saturated carbocycles. The minimum atomic E-state index is 0.460. The lowest BCUT2D eigenvalue weighted by atomic mass is 9.87. The summed E-state index contributed by atoms with van der Waals surface area (Å²) in [6, 6.07) is 0.768. The Labute approximate surface area is 97.5 Å². The van der Waals surface area contributed by atoms with Gasteiger partial charge in [-0.2, -0.15) is 11.8 Å². The lowest BCUT2D eigenvalue weighted by molar-refractivity contribution is 0.0809. The third-order valence-corrected chi connectivity index (χ3v) is 4.97. The molecule has 1 aliphatic carbocycles. The van der Waals surface area contributed by atoms with Crippen molar-refractivity contribution in [2.45, 2.75) is 38.1 Å². The number of thioether (sulfide) groups is 1. The Kier molecular flexibility index (Phi) is 4.35. The zero-order chi connectivity index (χ0) is 10.6. The van der Waals surface area contributed by atoms with Crippen LogP contribution in [-0.2, 0) is 4.74 Å². The third kappa shape index (κ3) is 3.11. The molecule has 1 saturated heterocycles. The molecule has 3 heteroatoms. The van der Waals surface area contributed by atoms with E-state index in [4.69, 9.17) is 4.74 Å². The van der Waals surface area contributed by atoms with Gasteiger partial charge >= 0.3 is 0 Å². The number of hydrogen-bond donors (Lipinski definition) is 1. The molecule has 2 rings (SSSR count). The zero-order valence-corrected chi connectivity index (χ0v) is 10.6. The first-order valence-corrected chi connectivity index (χ1v) is 7.30. The van der Waals surface area contributed by atoms with Crippen LogP contribution in [-0.4, -0.2) is 37.8 Å². The molecule has 1 N–H and O–H groups in total. The highest BCUT2D eigenvalue weighted by Gasteiger charge is 2.34. The maximum Gasteiger partial charge on any atom is 0.0530 e. The molecule has 0 amide bonds. The summed E-state index contributed by atoms with van der Waals surface area (Å²) in [6.45, 7) is 2.12. The fourth-order valence-electron chi connectivity index (χ4n) is 2.86. The number of methoxy groups -OCH3 is 1. The van der Waals surface area contributed by atoms with Gasteiger partial charge in [-0.1, -0.05) is 12.8 Å². The summed E-state index contributed by atoms with van der Waals surface area (Å²) < 4.78 is 5.40. The minimum Gasteiger partial charge on any atom is -0.384 e. The van der Waals surface area contributed by atoms with Gasteiger partial charge in [-0.3, -0.25) is 0 Å². The Hall–Kier alpha value is 0.270. The first-order chi connectivity index (χ1) is 7.35. The van der Waals surface area contributed by atoms with E-state index < -0.39 is 0 Å². The van der Waals surface area contributed by atoms with Gasteiger partial charge in [0.05, 0.1) is 6.61 Å². The van der Waals surface area contributed by atoms with Gasteiger partial charge < -0.3 is 10.1 Å². The molecule has 2 aliphatic rings. The monoisotopic (exact) mass is 229 g/mol. The van der Waals surface area contributed by atoms with E-state index in [2.05, 4.69) is 17.1 Å². The standard InChI is InChI=1S/C12H23NOS/c1-14-10-12(5-2-3-6-12)9-13-11-4-7-15-8-11/h11,13H,2-10H2,1H3. The Morgan fingerprint density at radius 1 is 1.40 bits per heavy atom. The highest BCUT2D eigenvalue weighted by atomic mass is 32.2. The largest absolute Gasteiger partial charge is 0.384 e. The minimum absolute atomic E-state index is 0.460. The van der Waals surface area contributed by atoms with Gasteiger partial charge in [0.25, 0.3) is 0 Å². The topological polar surface area (TPSA) is 21.3 Å². The highest BCUT2D eigenvalue weighted by molar-refractivity contribution is 7.99. The predicted molar refractivity (Wildman–Crippen MR) is 66.5 cm³/mol. The second-order valence-electron chi connectivity index (χ2n) is 5.08. The average molecular weight is 229 g/mol. The Balaban J connectivity index is 1.78. The van der Waals surface area contributed by atoms with Crippen LogP contribution < -0.4 is 5.32 Å². The molecule has 0 aromatic rings. The lowest BCUT2D eigenvalue weighted by Gasteiger charge is -2.30. The summed E-state index contributed by atoms with van der Waals surface area (Å²) >= 11 is 2.08. The van der Waals surface area contributed by atoms with Crippen molar-refractivity contribution < 1.29 is 4.74 Å². The first-order valence-electron chi connectivity index (χ1n) is 6.15. The molecule has 2 nitrogen and oxygen atoms in total. The van der Waals surface area contributed by atoms with Crippen LogP contribution in [0.1, 0.15) is 32.1 Å². The number of rotatable bonds is 5. The zero-order valence-electron chi connectivity index (χ0n) is 9.76. The summed E-state index contributed by atoms with van der Waals surface area (Å²) in [7, 11) is 1.84. The summed E-state index contributed by atoms with van der Waals surface area (Å²) in [6.07, 6.45) is 6.85. The Bertz CT molecular complexity index is 186. The summed E-state index contributed by atoms with van der Waals surface area (Å²) in [4.78, 5) is 0. The van der Waals surface area contributed by atoms with Crippen molar-refractivity contribution >= 4 is 11.8 Å². The second-order valence-corrected chi connectivity index (χ2v) is 6.23. The van der Waals surface area contributed by atoms with E-state index in [0.717, 1.165) is 12.6 Å². The number of hydrogen-bond acceptors (Lipinski definition) is 3. The van der Waals surface area contributed by atoms with Crippen molar-refractivity contribution in [2.75, 3.05) is 31.8 Å². The molecule has 1 aliphatic heterocycles. The van der Waals surface area contributed by atoms with E-state index in [-0.39, 0.29) is 0 Å². The van der Waals surface area contributed by atoms with Crippen LogP contribution in [0.3, 0.4) is 0 Å². The van der Waals surface area contributed by atoms with Crippen molar-refractivity contribution in [2.24, 2.45) is 5.41 Å². The number of ether oxygens (including phenoxy) is 1. The van der Waals surface area contributed by atoms with E-state index in [1.54, 1.807) is 0 Å². The summed E-state index contributed by atoms with van der Waals surface area (Å²) in [5, 5.41) is 3.75. The van der Waals surface area contributed by atoms with E-state index >= 15 is 0 Å². The molecule has 0 aromatic heterocycles. The first kappa shape index (κ1) is 11.7. The summed E-state index contributed by atoms with van der Waals surface area (Å²) in [5.41, 5.74) is 0.460. The highest BCUT2D eigenvalue weighted by Crippen LogP contribution is 2.38. The maximum absolute atomic E-state index is 5.40.